The van der Waals surface area contributed by atoms with Crippen LogP contribution in [0.4, 0.5) is 0 Å². The van der Waals surface area contributed by atoms with Crippen molar-refractivity contribution in [2.75, 3.05) is 26.3 Å². The molecule has 0 aromatic carbocycles. The quantitative estimate of drug-likeness (QED) is 0.802. The van der Waals surface area contributed by atoms with Crippen molar-refractivity contribution < 1.29 is 9.53 Å². The van der Waals surface area contributed by atoms with Gasteiger partial charge in [0.2, 0.25) is 5.91 Å². The number of alkyl halides is 1. The van der Waals surface area contributed by atoms with Crippen LogP contribution in [0.15, 0.2) is 0 Å². The maximum Gasteiger partial charge on any atom is 0.239 e. The summed E-state index contributed by atoms with van der Waals surface area (Å²) >= 11 is 6.06. The second kappa shape index (κ2) is 7.46. The third-order valence-corrected chi connectivity index (χ3v) is 4.12. The van der Waals surface area contributed by atoms with Gasteiger partial charge < -0.3 is 10.1 Å². The van der Waals surface area contributed by atoms with Crippen LogP contribution in [0.1, 0.15) is 39.0 Å². The molecule has 19 heavy (non-hydrogen) atoms. The Morgan fingerprint density at radius 2 is 2.16 bits per heavy atom. The highest BCUT2D eigenvalue weighted by Crippen LogP contribution is 2.18. The van der Waals surface area contributed by atoms with Gasteiger partial charge in [-0.3, -0.25) is 9.69 Å². The van der Waals surface area contributed by atoms with Gasteiger partial charge in [-0.05, 0) is 19.8 Å². The third-order valence-electron chi connectivity index (χ3n) is 3.98. The topological polar surface area (TPSA) is 41.6 Å². The van der Waals surface area contributed by atoms with Crippen molar-refractivity contribution >= 4 is 17.5 Å². The van der Waals surface area contributed by atoms with E-state index in [0.717, 1.165) is 25.9 Å². The number of carbonyl (C=O) groups excluding carboxylic acids is 1. The molecule has 1 heterocycles. The summed E-state index contributed by atoms with van der Waals surface area (Å²) in [5, 5.41) is 3.25. The lowest BCUT2D eigenvalue weighted by Crippen LogP contribution is -2.56. The van der Waals surface area contributed by atoms with E-state index in [1.165, 1.54) is 19.3 Å². The number of rotatable bonds is 4. The molecule has 2 fully saturated rings. The summed E-state index contributed by atoms with van der Waals surface area (Å²) in [5.74, 6) is 0.115. The highest BCUT2D eigenvalue weighted by atomic mass is 35.5. The zero-order valence-corrected chi connectivity index (χ0v) is 12.5. The minimum atomic E-state index is -0.170. The molecule has 1 unspecified atom stereocenters. The number of morpholine rings is 1. The van der Waals surface area contributed by atoms with Crippen LogP contribution in [0.3, 0.4) is 0 Å². The summed E-state index contributed by atoms with van der Waals surface area (Å²) in [6, 6.07) is 0.190. The second-order valence-electron chi connectivity index (χ2n) is 5.71. The normalized spacial score (nSPS) is 28.0. The molecule has 1 N–H and O–H groups in total. The Labute approximate surface area is 120 Å². The third kappa shape index (κ3) is 4.62. The summed E-state index contributed by atoms with van der Waals surface area (Å²) in [4.78, 5) is 14.5. The summed E-state index contributed by atoms with van der Waals surface area (Å²) in [7, 11) is 0. The van der Waals surface area contributed by atoms with E-state index < -0.39 is 0 Å². The first-order valence-corrected chi connectivity index (χ1v) is 7.86. The molecule has 2 atom stereocenters. The van der Waals surface area contributed by atoms with Crippen molar-refractivity contribution in [3.8, 4) is 0 Å². The summed E-state index contributed by atoms with van der Waals surface area (Å²) in [5.41, 5.74) is 0. The molecule has 4 nitrogen and oxygen atoms in total. The Bertz CT molecular complexity index is 293. The predicted molar refractivity (Wildman–Crippen MR) is 76.5 cm³/mol. The van der Waals surface area contributed by atoms with Crippen LogP contribution in [0.25, 0.3) is 0 Å². The monoisotopic (exact) mass is 288 g/mol. The number of nitrogens with zero attached hydrogens (tertiary/aromatic N) is 1. The molecular formula is C14H25ClN2O2. The summed E-state index contributed by atoms with van der Waals surface area (Å²) in [6.07, 6.45) is 5.99. The van der Waals surface area contributed by atoms with E-state index in [9.17, 15) is 4.79 Å². The molecule has 2 rings (SSSR count). The largest absolute Gasteiger partial charge is 0.378 e. The molecule has 0 spiro atoms. The van der Waals surface area contributed by atoms with E-state index in [1.807, 2.05) is 6.92 Å². The van der Waals surface area contributed by atoms with Crippen LogP contribution in [0, 0.1) is 0 Å². The number of halogens is 1. The van der Waals surface area contributed by atoms with E-state index >= 15 is 0 Å². The molecule has 1 amide bonds. The van der Waals surface area contributed by atoms with Crippen molar-refractivity contribution in [3.63, 3.8) is 0 Å². The van der Waals surface area contributed by atoms with Crippen molar-refractivity contribution in [2.24, 2.45) is 0 Å². The fourth-order valence-electron chi connectivity index (χ4n) is 2.97. The first-order chi connectivity index (χ1) is 9.16. The Morgan fingerprint density at radius 3 is 2.84 bits per heavy atom. The predicted octanol–water partition coefficient (Wildman–Crippen LogP) is 1.76. The molecule has 1 aliphatic carbocycles. The smallest absolute Gasteiger partial charge is 0.239 e. The van der Waals surface area contributed by atoms with Gasteiger partial charge in [0, 0.05) is 24.5 Å². The first-order valence-electron chi connectivity index (χ1n) is 7.43. The highest BCUT2D eigenvalue weighted by molar-refractivity contribution is 6.20. The van der Waals surface area contributed by atoms with E-state index in [4.69, 9.17) is 16.3 Å². The molecule has 0 bridgehead atoms. The lowest BCUT2D eigenvalue weighted by atomic mass is 9.95. The number of hydrogen-bond acceptors (Lipinski definition) is 3. The summed E-state index contributed by atoms with van der Waals surface area (Å²) < 4.78 is 5.46. The lowest BCUT2D eigenvalue weighted by Gasteiger charge is -2.36. The number of nitrogens with one attached hydrogen (secondary N) is 1. The van der Waals surface area contributed by atoms with Gasteiger partial charge >= 0.3 is 0 Å². The SMILES string of the molecule is CC(Cl)CN1CCOC[C@@H]1C(=O)NC1CCCCC1. The van der Waals surface area contributed by atoms with Gasteiger partial charge in [-0.1, -0.05) is 19.3 Å². The van der Waals surface area contributed by atoms with Crippen LogP contribution in [0.5, 0.6) is 0 Å². The van der Waals surface area contributed by atoms with E-state index in [2.05, 4.69) is 10.2 Å². The van der Waals surface area contributed by atoms with Crippen LogP contribution >= 0.6 is 11.6 Å². The van der Waals surface area contributed by atoms with Crippen molar-refractivity contribution in [3.05, 3.63) is 0 Å². The van der Waals surface area contributed by atoms with Crippen LogP contribution < -0.4 is 5.32 Å². The number of carbonyl (C=O) groups is 1. The number of amides is 1. The minimum absolute atomic E-state index is 0.0584. The summed E-state index contributed by atoms with van der Waals surface area (Å²) in [6.45, 7) is 4.68. The molecular weight excluding hydrogens is 264 g/mol. The molecule has 0 aromatic heterocycles. The number of ether oxygens (including phenoxy) is 1. The van der Waals surface area contributed by atoms with Crippen molar-refractivity contribution in [2.45, 2.75) is 56.5 Å². The molecule has 1 saturated heterocycles. The van der Waals surface area contributed by atoms with Gasteiger partial charge in [-0.2, -0.15) is 0 Å². The molecule has 110 valence electrons. The zero-order chi connectivity index (χ0) is 13.7. The van der Waals surface area contributed by atoms with E-state index in [-0.39, 0.29) is 17.3 Å². The maximum absolute atomic E-state index is 12.4. The Hall–Kier alpha value is -0.320. The first kappa shape index (κ1) is 15.1. The van der Waals surface area contributed by atoms with Crippen LogP contribution in [-0.2, 0) is 9.53 Å². The van der Waals surface area contributed by atoms with Gasteiger partial charge in [0.15, 0.2) is 0 Å². The van der Waals surface area contributed by atoms with E-state index in [0.29, 0.717) is 19.3 Å². The standard InChI is InChI=1S/C14H25ClN2O2/c1-11(15)9-17-7-8-19-10-13(17)14(18)16-12-5-3-2-4-6-12/h11-13H,2-10H2,1H3,(H,16,18)/t11?,13-/m1/s1. The van der Waals surface area contributed by atoms with Crippen molar-refractivity contribution in [1.29, 1.82) is 0 Å². The van der Waals surface area contributed by atoms with Gasteiger partial charge in [-0.15, -0.1) is 11.6 Å². The molecule has 2 aliphatic rings. The van der Waals surface area contributed by atoms with Crippen LogP contribution in [-0.4, -0.2) is 54.6 Å². The van der Waals surface area contributed by atoms with Crippen LogP contribution in [0.2, 0.25) is 0 Å². The van der Waals surface area contributed by atoms with E-state index in [1.54, 1.807) is 0 Å². The zero-order valence-electron chi connectivity index (χ0n) is 11.7. The molecule has 1 aliphatic heterocycles. The highest BCUT2D eigenvalue weighted by Gasteiger charge is 2.31. The fourth-order valence-corrected chi connectivity index (χ4v) is 3.14. The van der Waals surface area contributed by atoms with Crippen molar-refractivity contribution in [1.82, 2.24) is 10.2 Å². The average Bonchev–Trinajstić information content (AvgIpc) is 2.39. The molecule has 5 heteroatoms. The Balaban J connectivity index is 1.87. The molecule has 1 saturated carbocycles. The van der Waals surface area contributed by atoms with Gasteiger partial charge in [0.25, 0.3) is 0 Å². The second-order valence-corrected chi connectivity index (χ2v) is 6.45. The minimum Gasteiger partial charge on any atom is -0.378 e. The lowest BCUT2D eigenvalue weighted by molar-refractivity contribution is -0.133. The molecule has 0 radical (unpaired) electrons. The van der Waals surface area contributed by atoms with Gasteiger partial charge in [0.05, 0.1) is 13.2 Å². The van der Waals surface area contributed by atoms with Gasteiger partial charge in [-0.25, -0.2) is 0 Å². The van der Waals surface area contributed by atoms with Gasteiger partial charge in [0.1, 0.15) is 6.04 Å². The average molecular weight is 289 g/mol. The fraction of sp³-hybridized carbons (Fsp3) is 0.929. The number of hydrogen-bond donors (Lipinski definition) is 1. The Kier molecular flexibility index (Phi) is 5.92. The maximum atomic E-state index is 12.4. The Morgan fingerprint density at radius 1 is 1.42 bits per heavy atom. The molecule has 0 aromatic rings.